The van der Waals surface area contributed by atoms with Gasteiger partial charge in [0.2, 0.25) is 0 Å². The maximum atomic E-state index is 5.34. The van der Waals surface area contributed by atoms with Crippen molar-refractivity contribution in [2.45, 2.75) is 55.3 Å². The van der Waals surface area contributed by atoms with Crippen molar-refractivity contribution >= 4 is 21.1 Å². The van der Waals surface area contributed by atoms with Crippen LogP contribution in [0.1, 0.15) is 45.4 Å². The quantitative estimate of drug-likeness (QED) is 0.586. The van der Waals surface area contributed by atoms with Gasteiger partial charge in [0.15, 0.2) is 0 Å². The van der Waals surface area contributed by atoms with E-state index in [-0.39, 0.29) is 21.1 Å². The zero-order valence-electron chi connectivity index (χ0n) is 9.03. The average Bonchev–Trinajstić information content (AvgIpc) is 2.06. The standard InChI is InChI=1S/C8H19N.2CH3.Sn/c1-2-3-4-5-6-7-8-9;;;/h2-9H2,1H3;2*1H3;. The second-order valence-electron chi connectivity index (χ2n) is 3.06. The van der Waals surface area contributed by atoms with Crippen LogP contribution in [-0.4, -0.2) is 27.7 Å². The fourth-order valence-electron chi connectivity index (χ4n) is 0.925. The molecule has 0 aromatic carbocycles. The van der Waals surface area contributed by atoms with Gasteiger partial charge in [-0.1, -0.05) is 39.0 Å². The third-order valence-corrected chi connectivity index (χ3v) is 1.56. The first-order chi connectivity index (χ1) is 5.83. The molecule has 12 heavy (non-hydrogen) atoms. The molecule has 0 spiro atoms. The van der Waals surface area contributed by atoms with E-state index in [0.29, 0.717) is 0 Å². The summed E-state index contributed by atoms with van der Waals surface area (Å²) in [6.45, 7) is 3.11. The second-order valence-corrected chi connectivity index (χ2v) is 5.91. The molecule has 0 amide bonds. The Kier molecular flexibility index (Phi) is 22.5. The third-order valence-electron chi connectivity index (χ3n) is 1.56. The van der Waals surface area contributed by atoms with Crippen LogP contribution in [0.15, 0.2) is 0 Å². The molecule has 0 aromatic rings. The minimum atomic E-state index is 0.230. The monoisotopic (exact) mass is 279 g/mol. The van der Waals surface area contributed by atoms with Gasteiger partial charge in [-0.2, -0.15) is 0 Å². The van der Waals surface area contributed by atoms with Gasteiger partial charge in [-0.25, -0.2) is 0 Å². The molecule has 74 valence electrons. The number of rotatable bonds is 6. The summed E-state index contributed by atoms with van der Waals surface area (Å²) in [5.41, 5.74) is 5.34. The van der Waals surface area contributed by atoms with Gasteiger partial charge < -0.3 is 5.73 Å². The Balaban J connectivity index is 0. The molecule has 0 heterocycles. The van der Waals surface area contributed by atoms with Gasteiger partial charge in [0, 0.05) is 0 Å². The summed E-state index contributed by atoms with van der Waals surface area (Å²) in [4.78, 5) is 4.59. The van der Waals surface area contributed by atoms with E-state index in [0.717, 1.165) is 6.54 Å². The molecule has 0 aromatic heterocycles. The third kappa shape index (κ3) is 22.4. The molecule has 0 saturated carbocycles. The van der Waals surface area contributed by atoms with Gasteiger partial charge >= 0.3 is 31.0 Å². The first-order valence-electron chi connectivity index (χ1n) is 5.12. The Labute approximate surface area is 88.7 Å². The SMILES string of the molecule is CCCCCCCCN.[CH3][Sn][CH3]. The predicted molar refractivity (Wildman–Crippen MR) is 59.9 cm³/mol. The Morgan fingerprint density at radius 3 is 1.75 bits per heavy atom. The van der Waals surface area contributed by atoms with Crippen molar-refractivity contribution in [1.82, 2.24) is 0 Å². The van der Waals surface area contributed by atoms with Crippen LogP contribution in [-0.2, 0) is 0 Å². The molecule has 0 bridgehead atoms. The molecule has 2 heteroatoms. The molecule has 0 rings (SSSR count). The zero-order chi connectivity index (χ0) is 9.66. The van der Waals surface area contributed by atoms with E-state index in [4.69, 9.17) is 5.73 Å². The number of hydrogen-bond acceptors (Lipinski definition) is 1. The summed E-state index contributed by atoms with van der Waals surface area (Å²) in [6.07, 6.45) is 8.05. The van der Waals surface area contributed by atoms with Crippen molar-refractivity contribution in [3.05, 3.63) is 0 Å². The minimum absolute atomic E-state index is 0.230. The first kappa shape index (κ1) is 15.2. The van der Waals surface area contributed by atoms with E-state index in [1.54, 1.807) is 0 Å². The van der Waals surface area contributed by atoms with Crippen LogP contribution in [0.2, 0.25) is 9.88 Å². The van der Waals surface area contributed by atoms with E-state index in [1.165, 1.54) is 38.5 Å². The van der Waals surface area contributed by atoms with Gasteiger partial charge in [0.25, 0.3) is 0 Å². The van der Waals surface area contributed by atoms with Crippen LogP contribution >= 0.6 is 0 Å². The zero-order valence-corrected chi connectivity index (χ0v) is 11.9. The van der Waals surface area contributed by atoms with Crippen molar-refractivity contribution in [2.24, 2.45) is 5.73 Å². The summed E-state index contributed by atoms with van der Waals surface area (Å²) < 4.78 is 0. The fourth-order valence-corrected chi connectivity index (χ4v) is 0.925. The molecular weight excluding hydrogens is 253 g/mol. The summed E-state index contributed by atoms with van der Waals surface area (Å²) >= 11 is 0.230. The van der Waals surface area contributed by atoms with Crippen LogP contribution in [0.4, 0.5) is 0 Å². The van der Waals surface area contributed by atoms with E-state index >= 15 is 0 Å². The van der Waals surface area contributed by atoms with Gasteiger partial charge in [0.05, 0.1) is 0 Å². The van der Waals surface area contributed by atoms with E-state index in [9.17, 15) is 0 Å². The molecule has 2 N–H and O–H groups in total. The van der Waals surface area contributed by atoms with Crippen molar-refractivity contribution in [3.8, 4) is 0 Å². The van der Waals surface area contributed by atoms with Crippen molar-refractivity contribution in [2.75, 3.05) is 6.54 Å². The molecule has 0 aliphatic carbocycles. The predicted octanol–water partition coefficient (Wildman–Crippen LogP) is 3.09. The average molecular weight is 278 g/mol. The molecule has 2 radical (unpaired) electrons. The van der Waals surface area contributed by atoms with E-state index in [2.05, 4.69) is 16.8 Å². The van der Waals surface area contributed by atoms with Crippen molar-refractivity contribution in [3.63, 3.8) is 0 Å². The van der Waals surface area contributed by atoms with E-state index in [1.807, 2.05) is 0 Å². The summed E-state index contributed by atoms with van der Waals surface area (Å²) in [7, 11) is 0. The Bertz CT molecular complexity index is 51.8. The molecule has 0 unspecified atom stereocenters. The van der Waals surface area contributed by atoms with E-state index < -0.39 is 0 Å². The Morgan fingerprint density at radius 1 is 0.917 bits per heavy atom. The molecular formula is C10H25NSn. The summed E-state index contributed by atoms with van der Waals surface area (Å²) in [5.74, 6) is 0. The topological polar surface area (TPSA) is 26.0 Å². The Morgan fingerprint density at radius 2 is 1.33 bits per heavy atom. The second kappa shape index (κ2) is 17.7. The number of hydrogen-bond donors (Lipinski definition) is 1. The number of unbranched alkanes of at least 4 members (excludes halogenated alkanes) is 5. The van der Waals surface area contributed by atoms with Gasteiger partial charge in [-0.05, 0) is 13.0 Å². The molecule has 0 fully saturated rings. The normalized spacial score (nSPS) is 9.00. The maximum absolute atomic E-state index is 5.34. The fraction of sp³-hybridized carbons (Fsp3) is 1.00. The first-order valence-corrected chi connectivity index (χ1v) is 10.8. The van der Waals surface area contributed by atoms with Crippen LogP contribution in [0.3, 0.4) is 0 Å². The van der Waals surface area contributed by atoms with Gasteiger partial charge in [-0.3, -0.25) is 0 Å². The van der Waals surface area contributed by atoms with Crippen molar-refractivity contribution < 1.29 is 0 Å². The molecule has 0 aliphatic heterocycles. The molecule has 1 nitrogen and oxygen atoms in total. The molecule has 0 saturated heterocycles. The van der Waals surface area contributed by atoms with Crippen LogP contribution < -0.4 is 5.73 Å². The number of nitrogens with two attached hydrogens (primary N) is 1. The van der Waals surface area contributed by atoms with Crippen LogP contribution in [0.5, 0.6) is 0 Å². The molecule has 0 aliphatic rings. The van der Waals surface area contributed by atoms with Crippen LogP contribution in [0.25, 0.3) is 0 Å². The van der Waals surface area contributed by atoms with Gasteiger partial charge in [0.1, 0.15) is 0 Å². The molecule has 0 atom stereocenters. The van der Waals surface area contributed by atoms with Gasteiger partial charge in [-0.15, -0.1) is 0 Å². The summed E-state index contributed by atoms with van der Waals surface area (Å²) in [6, 6.07) is 0. The summed E-state index contributed by atoms with van der Waals surface area (Å²) in [5, 5.41) is 0. The Hall–Kier alpha value is 0.759. The van der Waals surface area contributed by atoms with Crippen LogP contribution in [0, 0.1) is 0 Å². The van der Waals surface area contributed by atoms with Crippen molar-refractivity contribution in [1.29, 1.82) is 0 Å².